The molecule has 0 aliphatic carbocycles. The van der Waals surface area contributed by atoms with Crippen LogP contribution < -0.4 is 16.1 Å². The van der Waals surface area contributed by atoms with Crippen molar-refractivity contribution in [3.05, 3.63) is 91.6 Å². The highest BCUT2D eigenvalue weighted by molar-refractivity contribution is 5.82. The van der Waals surface area contributed by atoms with Crippen molar-refractivity contribution in [2.75, 3.05) is 13.1 Å². The molecular formula is C25H29N4O3+. The van der Waals surface area contributed by atoms with Crippen LogP contribution in [0.4, 0.5) is 0 Å². The van der Waals surface area contributed by atoms with E-state index in [1.165, 1.54) is 16.7 Å². The van der Waals surface area contributed by atoms with Gasteiger partial charge in [-0.1, -0.05) is 36.4 Å². The third-order valence-corrected chi connectivity index (χ3v) is 6.24. The van der Waals surface area contributed by atoms with Gasteiger partial charge in [-0.2, -0.15) is 0 Å². The average Bonchev–Trinajstić information content (AvgIpc) is 2.77. The fourth-order valence-corrected chi connectivity index (χ4v) is 4.16. The molecule has 0 bridgehead atoms. The van der Waals surface area contributed by atoms with Crippen molar-refractivity contribution in [2.24, 2.45) is 4.99 Å². The van der Waals surface area contributed by atoms with Crippen molar-refractivity contribution in [2.45, 2.75) is 39.3 Å². The summed E-state index contributed by atoms with van der Waals surface area (Å²) in [5.41, 5.74) is 2.58. The first-order chi connectivity index (χ1) is 15.4. The van der Waals surface area contributed by atoms with E-state index in [-0.39, 0.29) is 11.6 Å². The van der Waals surface area contributed by atoms with E-state index in [1.54, 1.807) is 12.1 Å². The molecule has 32 heavy (non-hydrogen) atoms. The lowest BCUT2D eigenvalue weighted by Gasteiger charge is -2.27. The highest BCUT2D eigenvalue weighted by Crippen LogP contribution is 2.18. The SMILES string of the molecule is Cc1ccc(-n2c(O)c(C=NC3CC[NH+](Cc4ccccc4)CC3)c(=O)[nH]c2=O)cc1C. The molecule has 0 radical (unpaired) electrons. The predicted molar refractivity (Wildman–Crippen MR) is 125 cm³/mol. The molecule has 1 aliphatic heterocycles. The second-order valence-corrected chi connectivity index (χ2v) is 8.52. The summed E-state index contributed by atoms with van der Waals surface area (Å²) in [5, 5.41) is 10.7. The molecule has 1 aliphatic rings. The number of aromatic hydroxyl groups is 1. The first-order valence-corrected chi connectivity index (χ1v) is 11.0. The predicted octanol–water partition coefficient (Wildman–Crippen LogP) is 1.51. The van der Waals surface area contributed by atoms with Gasteiger partial charge in [0.05, 0.1) is 24.8 Å². The van der Waals surface area contributed by atoms with Gasteiger partial charge in [0.15, 0.2) is 0 Å². The van der Waals surface area contributed by atoms with E-state index in [4.69, 9.17) is 0 Å². The molecule has 0 spiro atoms. The second-order valence-electron chi connectivity index (χ2n) is 8.52. The Morgan fingerprint density at radius 2 is 1.81 bits per heavy atom. The van der Waals surface area contributed by atoms with Crippen LogP contribution in [-0.4, -0.2) is 40.0 Å². The Labute approximate surface area is 186 Å². The Morgan fingerprint density at radius 1 is 1.09 bits per heavy atom. The van der Waals surface area contributed by atoms with E-state index < -0.39 is 17.1 Å². The van der Waals surface area contributed by atoms with Gasteiger partial charge in [0.25, 0.3) is 5.56 Å². The van der Waals surface area contributed by atoms with Crippen molar-refractivity contribution < 1.29 is 10.0 Å². The summed E-state index contributed by atoms with van der Waals surface area (Å²) in [6, 6.07) is 16.0. The van der Waals surface area contributed by atoms with E-state index in [0.717, 1.165) is 48.2 Å². The lowest BCUT2D eigenvalue weighted by molar-refractivity contribution is -0.918. The standard InChI is InChI=1S/C25H28N4O3/c1-17-8-9-21(14-18(17)2)29-24(31)22(23(30)27-25(29)32)15-26-20-10-12-28(13-11-20)16-19-6-4-3-5-7-19/h3-9,14-15,20,31H,10-13,16H2,1-2H3,(H,27,30,32)/p+1. The third-order valence-electron chi connectivity index (χ3n) is 6.24. The smallest absolute Gasteiger partial charge is 0.335 e. The van der Waals surface area contributed by atoms with E-state index in [0.29, 0.717) is 5.69 Å². The molecule has 1 fully saturated rings. The number of H-pyrrole nitrogens is 1. The summed E-state index contributed by atoms with van der Waals surface area (Å²) >= 11 is 0. The van der Waals surface area contributed by atoms with Gasteiger partial charge in [-0.3, -0.25) is 14.8 Å². The molecule has 4 rings (SSSR count). The van der Waals surface area contributed by atoms with Crippen molar-refractivity contribution in [1.82, 2.24) is 9.55 Å². The molecule has 2 aromatic carbocycles. The number of quaternary nitrogens is 1. The fraction of sp³-hybridized carbons (Fsp3) is 0.320. The summed E-state index contributed by atoms with van der Waals surface area (Å²) in [7, 11) is 0. The van der Waals surface area contributed by atoms with Crippen molar-refractivity contribution in [3.63, 3.8) is 0 Å². The van der Waals surface area contributed by atoms with Crippen LogP contribution in [0.25, 0.3) is 5.69 Å². The zero-order valence-electron chi connectivity index (χ0n) is 18.5. The highest BCUT2D eigenvalue weighted by atomic mass is 16.3. The maximum atomic E-state index is 12.4. The summed E-state index contributed by atoms with van der Waals surface area (Å²) in [4.78, 5) is 33.2. The number of nitrogens with zero attached hydrogens (tertiary/aromatic N) is 2. The Hall–Kier alpha value is -3.45. The molecule has 3 N–H and O–H groups in total. The van der Waals surface area contributed by atoms with Crippen LogP contribution in [0.15, 0.2) is 63.1 Å². The lowest BCUT2D eigenvalue weighted by Crippen LogP contribution is -3.12. The largest absolute Gasteiger partial charge is 0.493 e. The molecule has 0 amide bonds. The first kappa shape index (κ1) is 21.8. The molecule has 0 saturated carbocycles. The summed E-state index contributed by atoms with van der Waals surface area (Å²) in [6.45, 7) is 6.90. The number of aromatic nitrogens is 2. The normalized spacial score (nSPS) is 18.8. The van der Waals surface area contributed by atoms with Gasteiger partial charge in [0.2, 0.25) is 5.88 Å². The Balaban J connectivity index is 1.50. The maximum absolute atomic E-state index is 12.4. The molecule has 3 aromatic rings. The van der Waals surface area contributed by atoms with Crippen LogP contribution in [0.5, 0.6) is 5.88 Å². The van der Waals surface area contributed by atoms with Crippen molar-refractivity contribution in [1.29, 1.82) is 0 Å². The number of piperidine rings is 1. The number of likely N-dealkylation sites (tertiary alicyclic amines) is 1. The molecule has 7 heteroatoms. The lowest BCUT2D eigenvalue weighted by atomic mass is 10.0. The fourth-order valence-electron chi connectivity index (χ4n) is 4.16. The van der Waals surface area contributed by atoms with E-state index in [1.807, 2.05) is 26.0 Å². The number of hydrogen-bond donors (Lipinski definition) is 3. The molecule has 1 aromatic heterocycles. The molecule has 7 nitrogen and oxygen atoms in total. The van der Waals surface area contributed by atoms with Crippen molar-refractivity contribution in [3.8, 4) is 11.6 Å². The van der Waals surface area contributed by atoms with Crippen LogP contribution in [0.1, 0.15) is 35.1 Å². The summed E-state index contributed by atoms with van der Waals surface area (Å²) in [5.74, 6) is -0.391. The Kier molecular flexibility index (Phi) is 6.37. The summed E-state index contributed by atoms with van der Waals surface area (Å²) in [6.07, 6.45) is 3.24. The topological polar surface area (TPSA) is 91.9 Å². The van der Waals surface area contributed by atoms with E-state index in [2.05, 4.69) is 34.2 Å². The maximum Gasteiger partial charge on any atom is 0.335 e. The van der Waals surface area contributed by atoms with Crippen LogP contribution in [-0.2, 0) is 6.54 Å². The minimum atomic E-state index is -0.675. The van der Waals surface area contributed by atoms with Gasteiger partial charge >= 0.3 is 5.69 Å². The van der Waals surface area contributed by atoms with Gasteiger partial charge in [0.1, 0.15) is 12.1 Å². The number of rotatable bonds is 5. The number of hydrogen-bond acceptors (Lipinski definition) is 4. The Morgan fingerprint density at radius 3 is 2.50 bits per heavy atom. The molecule has 1 saturated heterocycles. The van der Waals surface area contributed by atoms with Crippen LogP contribution in [0, 0.1) is 13.8 Å². The number of aromatic amines is 1. The quantitative estimate of drug-likeness (QED) is 0.533. The number of aliphatic imine (C=N–C) groups is 1. The number of nitrogens with one attached hydrogen (secondary N) is 2. The third kappa shape index (κ3) is 4.73. The minimum Gasteiger partial charge on any atom is -0.493 e. The zero-order chi connectivity index (χ0) is 22.7. The van der Waals surface area contributed by atoms with Crippen molar-refractivity contribution >= 4 is 6.21 Å². The monoisotopic (exact) mass is 433 g/mol. The van der Waals surface area contributed by atoms with E-state index >= 15 is 0 Å². The molecule has 0 unspecified atom stereocenters. The van der Waals surface area contributed by atoms with Gasteiger partial charge in [0, 0.05) is 24.6 Å². The molecule has 2 heterocycles. The van der Waals surface area contributed by atoms with Crippen LogP contribution in [0.2, 0.25) is 0 Å². The van der Waals surface area contributed by atoms with Gasteiger partial charge in [-0.25, -0.2) is 9.36 Å². The number of aryl methyl sites for hydroxylation is 2. The molecule has 0 atom stereocenters. The van der Waals surface area contributed by atoms with Gasteiger partial charge < -0.3 is 10.0 Å². The Bertz CT molecular complexity index is 1240. The zero-order valence-corrected chi connectivity index (χ0v) is 18.5. The molecular weight excluding hydrogens is 404 g/mol. The highest BCUT2D eigenvalue weighted by Gasteiger charge is 2.22. The van der Waals surface area contributed by atoms with Crippen LogP contribution >= 0.6 is 0 Å². The minimum absolute atomic E-state index is 0.00175. The summed E-state index contributed by atoms with van der Waals surface area (Å²) < 4.78 is 1.11. The number of benzene rings is 2. The van der Waals surface area contributed by atoms with Gasteiger partial charge in [-0.15, -0.1) is 0 Å². The molecule has 166 valence electrons. The second kappa shape index (κ2) is 9.36. The van der Waals surface area contributed by atoms with Crippen LogP contribution in [0.3, 0.4) is 0 Å². The average molecular weight is 434 g/mol. The van der Waals surface area contributed by atoms with Gasteiger partial charge in [-0.05, 0) is 37.1 Å². The first-order valence-electron chi connectivity index (χ1n) is 11.0. The van der Waals surface area contributed by atoms with E-state index in [9.17, 15) is 14.7 Å².